The maximum Gasteiger partial charge on any atom is 0.0715 e. The van der Waals surface area contributed by atoms with Crippen LogP contribution >= 0.6 is 0 Å². The number of hydrogen-bond acceptors (Lipinski definition) is 1. The van der Waals surface area contributed by atoms with Gasteiger partial charge in [-0.1, -0.05) is 173 Å². The van der Waals surface area contributed by atoms with Gasteiger partial charge in [-0.3, -0.25) is 0 Å². The van der Waals surface area contributed by atoms with Crippen LogP contribution in [0, 0.1) is 0 Å². The maximum absolute atomic E-state index is 5.16. The molecule has 1 heterocycles. The fourth-order valence-corrected chi connectivity index (χ4v) is 10.8. The lowest BCUT2D eigenvalue weighted by Crippen LogP contribution is -2.14. The normalized spacial score (nSPS) is 14.5. The number of nitrogens with zero attached hydrogens (tertiary/aromatic N) is 1. The van der Waals surface area contributed by atoms with Crippen LogP contribution in [-0.4, -0.2) is 4.98 Å². The number of rotatable bonds is 3. The van der Waals surface area contributed by atoms with Gasteiger partial charge in [-0.05, 0) is 124 Å². The Hall–Kier alpha value is -6.83. The van der Waals surface area contributed by atoms with Gasteiger partial charge in [-0.15, -0.1) is 0 Å². The summed E-state index contributed by atoms with van der Waals surface area (Å²) in [5.74, 6) is 0. The molecule has 0 aliphatic heterocycles. The van der Waals surface area contributed by atoms with Crippen molar-refractivity contribution in [3.8, 4) is 55.6 Å². The lowest BCUT2D eigenvalue weighted by atomic mass is 9.80. The predicted molar refractivity (Wildman–Crippen MR) is 246 cm³/mol. The van der Waals surface area contributed by atoms with Crippen molar-refractivity contribution in [1.29, 1.82) is 0 Å². The number of pyridine rings is 1. The SMILES string of the molecule is CC1(C)c2ccccc2-c2cc(-c3c4ccccc4c(-c4c5ccccc5nc5ccccc45)c4ccc(-c5ccc6c(c5)C(C)(C)c5ccccc5-6)cc34)ccc21. The first-order valence-corrected chi connectivity index (χ1v) is 20.5. The zero-order valence-electron chi connectivity index (χ0n) is 33.2. The molecule has 9 aromatic carbocycles. The Morgan fingerprint density at radius 3 is 1.43 bits per heavy atom. The zero-order valence-corrected chi connectivity index (χ0v) is 33.2. The van der Waals surface area contributed by atoms with Gasteiger partial charge in [0.1, 0.15) is 0 Å². The summed E-state index contributed by atoms with van der Waals surface area (Å²) in [7, 11) is 0. The van der Waals surface area contributed by atoms with E-state index in [4.69, 9.17) is 4.98 Å². The molecule has 0 saturated carbocycles. The molecule has 0 atom stereocenters. The fourth-order valence-electron chi connectivity index (χ4n) is 10.8. The van der Waals surface area contributed by atoms with E-state index in [0.717, 1.165) is 11.0 Å². The Balaban J connectivity index is 1.19. The quantitative estimate of drug-likeness (QED) is 0.164. The monoisotopic (exact) mass is 739 g/mol. The highest BCUT2D eigenvalue weighted by Crippen LogP contribution is 2.53. The Bertz CT molecular complexity index is 3340. The van der Waals surface area contributed by atoms with Gasteiger partial charge >= 0.3 is 0 Å². The Labute approximate surface area is 339 Å². The van der Waals surface area contributed by atoms with Crippen LogP contribution in [0.25, 0.3) is 99.0 Å². The summed E-state index contributed by atoms with van der Waals surface area (Å²) in [4.78, 5) is 5.16. The van der Waals surface area contributed by atoms with Crippen molar-refractivity contribution in [1.82, 2.24) is 4.98 Å². The van der Waals surface area contributed by atoms with Crippen LogP contribution in [0.3, 0.4) is 0 Å². The molecule has 0 bridgehead atoms. The highest BCUT2D eigenvalue weighted by molar-refractivity contribution is 6.27. The standard InChI is InChI=1S/C57H41N/c1-56(2)48-22-12-8-16-38(48)45-32-36(27-30-49(45)56)53-40-17-5-6-18-41(40)54(55-43-19-9-13-23-51(43)58-52-24-14-10-20-44(52)55)42-29-26-34(31-46(42)53)35-25-28-39-37-15-7-11-21-47(37)57(3,4)50(39)33-35/h5-33H,1-4H3. The molecule has 0 radical (unpaired) electrons. The van der Waals surface area contributed by atoms with E-state index >= 15 is 0 Å². The molecule has 58 heavy (non-hydrogen) atoms. The molecule has 2 aliphatic carbocycles. The summed E-state index contributed by atoms with van der Waals surface area (Å²) in [5.41, 5.74) is 20.3. The number of hydrogen-bond donors (Lipinski definition) is 0. The summed E-state index contributed by atoms with van der Waals surface area (Å²) in [6, 6.07) is 65.9. The second-order valence-corrected chi connectivity index (χ2v) is 17.4. The Morgan fingerprint density at radius 2 is 0.741 bits per heavy atom. The summed E-state index contributed by atoms with van der Waals surface area (Å²) in [6.07, 6.45) is 0. The van der Waals surface area contributed by atoms with Gasteiger partial charge in [0, 0.05) is 27.2 Å². The van der Waals surface area contributed by atoms with Crippen LogP contribution in [0.1, 0.15) is 49.9 Å². The molecule has 2 aliphatic rings. The van der Waals surface area contributed by atoms with E-state index in [0.29, 0.717) is 0 Å². The van der Waals surface area contributed by atoms with Crippen molar-refractivity contribution in [2.24, 2.45) is 0 Å². The molecule has 12 rings (SSSR count). The maximum atomic E-state index is 5.16. The first-order valence-electron chi connectivity index (χ1n) is 20.5. The minimum Gasteiger partial charge on any atom is -0.248 e. The Morgan fingerprint density at radius 1 is 0.293 bits per heavy atom. The van der Waals surface area contributed by atoms with Gasteiger partial charge in [0.2, 0.25) is 0 Å². The largest absolute Gasteiger partial charge is 0.248 e. The minimum absolute atomic E-state index is 0.0594. The summed E-state index contributed by atoms with van der Waals surface area (Å²) < 4.78 is 0. The average molecular weight is 740 g/mol. The molecule has 10 aromatic rings. The number of para-hydroxylation sites is 2. The molecule has 0 saturated heterocycles. The van der Waals surface area contributed by atoms with Crippen LogP contribution < -0.4 is 0 Å². The highest BCUT2D eigenvalue weighted by Gasteiger charge is 2.37. The van der Waals surface area contributed by atoms with Crippen molar-refractivity contribution in [2.45, 2.75) is 38.5 Å². The van der Waals surface area contributed by atoms with Gasteiger partial charge in [0.05, 0.1) is 11.0 Å². The molecular formula is C57H41N. The van der Waals surface area contributed by atoms with Gasteiger partial charge in [-0.2, -0.15) is 0 Å². The number of aromatic nitrogens is 1. The number of benzene rings is 9. The molecular weight excluding hydrogens is 699 g/mol. The molecule has 274 valence electrons. The van der Waals surface area contributed by atoms with E-state index < -0.39 is 0 Å². The van der Waals surface area contributed by atoms with Crippen LogP contribution in [0.2, 0.25) is 0 Å². The van der Waals surface area contributed by atoms with Crippen molar-refractivity contribution in [2.75, 3.05) is 0 Å². The highest BCUT2D eigenvalue weighted by atomic mass is 14.7. The molecule has 0 unspecified atom stereocenters. The van der Waals surface area contributed by atoms with Gasteiger partial charge in [0.15, 0.2) is 0 Å². The van der Waals surface area contributed by atoms with E-state index in [1.807, 2.05) is 0 Å². The molecule has 1 nitrogen and oxygen atoms in total. The summed E-state index contributed by atoms with van der Waals surface area (Å²) in [5, 5.41) is 7.34. The molecule has 1 heteroatoms. The first-order chi connectivity index (χ1) is 28.3. The van der Waals surface area contributed by atoms with E-state index in [-0.39, 0.29) is 10.8 Å². The van der Waals surface area contributed by atoms with E-state index in [1.165, 1.54) is 110 Å². The second kappa shape index (κ2) is 11.9. The summed E-state index contributed by atoms with van der Waals surface area (Å²) in [6.45, 7) is 9.47. The van der Waals surface area contributed by atoms with Gasteiger partial charge in [0.25, 0.3) is 0 Å². The minimum atomic E-state index is -0.0781. The Kier molecular flexibility index (Phi) is 6.81. The molecule has 1 aromatic heterocycles. The van der Waals surface area contributed by atoms with Crippen molar-refractivity contribution < 1.29 is 0 Å². The zero-order chi connectivity index (χ0) is 38.9. The topological polar surface area (TPSA) is 12.9 Å². The number of fused-ring (bicyclic) bond motifs is 10. The van der Waals surface area contributed by atoms with Gasteiger partial charge < -0.3 is 0 Å². The molecule has 0 amide bonds. The second-order valence-electron chi connectivity index (χ2n) is 17.4. The van der Waals surface area contributed by atoms with E-state index in [9.17, 15) is 0 Å². The molecule has 0 spiro atoms. The first kappa shape index (κ1) is 33.3. The molecule has 0 fully saturated rings. The third kappa shape index (κ3) is 4.50. The van der Waals surface area contributed by atoms with Crippen molar-refractivity contribution in [3.63, 3.8) is 0 Å². The van der Waals surface area contributed by atoms with Crippen LogP contribution in [0.4, 0.5) is 0 Å². The molecule has 0 N–H and O–H groups in total. The lowest BCUT2D eigenvalue weighted by molar-refractivity contribution is 0.660. The van der Waals surface area contributed by atoms with Crippen LogP contribution in [0.15, 0.2) is 176 Å². The van der Waals surface area contributed by atoms with Crippen LogP contribution in [0.5, 0.6) is 0 Å². The third-order valence-electron chi connectivity index (χ3n) is 13.7. The third-order valence-corrected chi connectivity index (χ3v) is 13.7. The van der Waals surface area contributed by atoms with Gasteiger partial charge in [-0.25, -0.2) is 4.98 Å². The lowest BCUT2D eigenvalue weighted by Gasteiger charge is -2.23. The summed E-state index contributed by atoms with van der Waals surface area (Å²) >= 11 is 0. The average Bonchev–Trinajstić information content (AvgIpc) is 3.63. The van der Waals surface area contributed by atoms with E-state index in [2.05, 4.69) is 204 Å². The van der Waals surface area contributed by atoms with E-state index in [1.54, 1.807) is 0 Å². The predicted octanol–water partition coefficient (Wildman–Crippen LogP) is 15.3. The van der Waals surface area contributed by atoms with Crippen LogP contribution in [-0.2, 0) is 10.8 Å². The van der Waals surface area contributed by atoms with Crippen molar-refractivity contribution >= 4 is 43.4 Å². The smallest absolute Gasteiger partial charge is 0.0715 e. The van der Waals surface area contributed by atoms with Crippen molar-refractivity contribution in [3.05, 3.63) is 198 Å². The fraction of sp³-hybridized carbons (Fsp3) is 0.105.